The van der Waals surface area contributed by atoms with E-state index in [1.54, 1.807) is 16.7 Å². The van der Waals surface area contributed by atoms with Crippen LogP contribution in [-0.2, 0) is 11.2 Å². The van der Waals surface area contributed by atoms with Gasteiger partial charge in [-0.15, -0.1) is 0 Å². The molecule has 1 aliphatic rings. The number of Topliss-reactive ketones (excluding diaryl/α,β-unsaturated/α-hetero) is 1. The molecular formula is C20H17ClN2O2S. The lowest BCUT2D eigenvalue weighted by molar-refractivity contribution is -0.116. The molecule has 3 aromatic rings. The highest BCUT2D eigenvalue weighted by Gasteiger charge is 2.28. The molecule has 1 saturated carbocycles. The number of nitrogens with zero attached hydrogens (tertiary/aromatic N) is 2. The molecule has 6 heteroatoms. The van der Waals surface area contributed by atoms with Gasteiger partial charge in [0.25, 0.3) is 5.56 Å². The lowest BCUT2D eigenvalue weighted by Gasteiger charge is -2.12. The fourth-order valence-electron chi connectivity index (χ4n) is 2.91. The molecule has 0 atom stereocenters. The van der Waals surface area contributed by atoms with Crippen LogP contribution in [0.25, 0.3) is 10.9 Å². The van der Waals surface area contributed by atoms with Crippen LogP contribution in [0.5, 0.6) is 0 Å². The third kappa shape index (κ3) is 3.69. The fourth-order valence-corrected chi connectivity index (χ4v) is 3.96. The molecule has 0 amide bonds. The first-order chi connectivity index (χ1) is 12.6. The van der Waals surface area contributed by atoms with Crippen molar-refractivity contribution in [2.45, 2.75) is 30.5 Å². The van der Waals surface area contributed by atoms with Gasteiger partial charge in [0.15, 0.2) is 5.16 Å². The van der Waals surface area contributed by atoms with E-state index >= 15 is 0 Å². The summed E-state index contributed by atoms with van der Waals surface area (Å²) >= 11 is 7.23. The highest BCUT2D eigenvalue weighted by molar-refractivity contribution is 7.99. The Labute approximate surface area is 160 Å². The first-order valence-corrected chi connectivity index (χ1v) is 9.88. The molecule has 26 heavy (non-hydrogen) atoms. The van der Waals surface area contributed by atoms with Crippen molar-refractivity contribution in [2.75, 3.05) is 5.75 Å². The fraction of sp³-hybridized carbons (Fsp3) is 0.250. The molecule has 0 N–H and O–H groups in total. The maximum atomic E-state index is 12.8. The maximum Gasteiger partial charge on any atom is 0.262 e. The Morgan fingerprint density at radius 2 is 1.88 bits per heavy atom. The van der Waals surface area contributed by atoms with E-state index in [1.165, 1.54) is 11.8 Å². The van der Waals surface area contributed by atoms with Gasteiger partial charge in [0.1, 0.15) is 5.78 Å². The zero-order chi connectivity index (χ0) is 18.1. The molecule has 1 aliphatic carbocycles. The largest absolute Gasteiger partial charge is 0.298 e. The summed E-state index contributed by atoms with van der Waals surface area (Å²) < 4.78 is 1.77. The number of thioether (sulfide) groups is 1. The molecule has 0 spiro atoms. The number of carbonyl (C=O) groups is 1. The topological polar surface area (TPSA) is 52.0 Å². The Balaban J connectivity index is 1.55. The number of aromatic nitrogens is 2. The van der Waals surface area contributed by atoms with Crippen molar-refractivity contribution in [3.63, 3.8) is 0 Å². The third-order valence-electron chi connectivity index (χ3n) is 4.36. The molecule has 4 rings (SSSR count). The molecule has 132 valence electrons. The number of rotatable bonds is 6. The SMILES string of the molecule is O=C(CSc1nc2ccccc2c(=O)n1C1CC1)Cc1ccc(Cl)cc1. The van der Waals surface area contributed by atoms with Gasteiger partial charge in [-0.3, -0.25) is 14.2 Å². The number of carbonyl (C=O) groups excluding carboxylic acids is 1. The van der Waals surface area contributed by atoms with Crippen LogP contribution in [-0.4, -0.2) is 21.1 Å². The van der Waals surface area contributed by atoms with E-state index < -0.39 is 0 Å². The van der Waals surface area contributed by atoms with Crippen molar-refractivity contribution in [2.24, 2.45) is 0 Å². The Hall–Kier alpha value is -2.11. The summed E-state index contributed by atoms with van der Waals surface area (Å²) in [5.74, 6) is 0.391. The number of hydrogen-bond acceptors (Lipinski definition) is 4. The number of ketones is 1. The summed E-state index contributed by atoms with van der Waals surface area (Å²) in [6, 6.07) is 14.9. The first kappa shape index (κ1) is 17.3. The molecular weight excluding hydrogens is 368 g/mol. The van der Waals surface area contributed by atoms with Gasteiger partial charge in [-0.25, -0.2) is 4.98 Å². The van der Waals surface area contributed by atoms with Crippen LogP contribution in [0, 0.1) is 0 Å². The Kier molecular flexibility index (Phi) is 4.83. The van der Waals surface area contributed by atoms with Crippen molar-refractivity contribution < 1.29 is 4.79 Å². The molecule has 0 aliphatic heterocycles. The van der Waals surface area contributed by atoms with E-state index in [0.717, 1.165) is 18.4 Å². The zero-order valence-corrected chi connectivity index (χ0v) is 15.6. The Morgan fingerprint density at radius 1 is 1.15 bits per heavy atom. The smallest absolute Gasteiger partial charge is 0.262 e. The van der Waals surface area contributed by atoms with Crippen molar-refractivity contribution in [1.29, 1.82) is 0 Å². The summed E-state index contributed by atoms with van der Waals surface area (Å²) in [5.41, 5.74) is 1.61. The molecule has 1 aromatic heterocycles. The van der Waals surface area contributed by atoms with Crippen molar-refractivity contribution in [3.05, 3.63) is 69.5 Å². The van der Waals surface area contributed by atoms with Gasteiger partial charge in [0.2, 0.25) is 0 Å². The molecule has 0 radical (unpaired) electrons. The normalized spacial score (nSPS) is 13.9. The van der Waals surface area contributed by atoms with Gasteiger partial charge in [-0.1, -0.05) is 47.6 Å². The number of fused-ring (bicyclic) bond motifs is 1. The number of halogens is 1. The molecule has 2 aromatic carbocycles. The quantitative estimate of drug-likeness (QED) is 0.470. The maximum absolute atomic E-state index is 12.8. The van der Waals surface area contributed by atoms with Gasteiger partial charge in [0.05, 0.1) is 16.7 Å². The van der Waals surface area contributed by atoms with E-state index in [9.17, 15) is 9.59 Å². The average molecular weight is 385 g/mol. The minimum absolute atomic E-state index is 0.00856. The predicted molar refractivity (Wildman–Crippen MR) is 105 cm³/mol. The summed E-state index contributed by atoms with van der Waals surface area (Å²) in [6.07, 6.45) is 2.34. The third-order valence-corrected chi connectivity index (χ3v) is 5.63. The minimum Gasteiger partial charge on any atom is -0.298 e. The van der Waals surface area contributed by atoms with Gasteiger partial charge in [0, 0.05) is 17.5 Å². The van der Waals surface area contributed by atoms with Crippen LogP contribution in [0.15, 0.2) is 58.5 Å². The molecule has 0 saturated heterocycles. The Bertz CT molecular complexity index is 1030. The second-order valence-electron chi connectivity index (χ2n) is 6.45. The molecule has 0 bridgehead atoms. The minimum atomic E-state index is -0.00856. The average Bonchev–Trinajstić information content (AvgIpc) is 3.47. The van der Waals surface area contributed by atoms with E-state index in [0.29, 0.717) is 33.3 Å². The highest BCUT2D eigenvalue weighted by Crippen LogP contribution is 2.36. The molecule has 0 unspecified atom stereocenters. The van der Waals surface area contributed by atoms with Crippen LogP contribution in [0.4, 0.5) is 0 Å². The van der Waals surface area contributed by atoms with Crippen molar-refractivity contribution in [1.82, 2.24) is 9.55 Å². The second kappa shape index (κ2) is 7.25. The van der Waals surface area contributed by atoms with Crippen LogP contribution in [0.3, 0.4) is 0 Å². The van der Waals surface area contributed by atoms with E-state index in [1.807, 2.05) is 36.4 Å². The summed E-state index contributed by atoms with van der Waals surface area (Å²) in [4.78, 5) is 29.8. The predicted octanol–water partition coefficient (Wildman–Crippen LogP) is 4.29. The van der Waals surface area contributed by atoms with Crippen LogP contribution in [0.2, 0.25) is 5.02 Å². The lowest BCUT2D eigenvalue weighted by atomic mass is 10.1. The standard InChI is InChI=1S/C20H17ClN2O2S/c21-14-7-5-13(6-8-14)11-16(24)12-26-20-22-18-4-2-1-3-17(18)19(25)23(20)15-9-10-15/h1-8,15H,9-12H2. The van der Waals surface area contributed by atoms with Gasteiger partial charge >= 0.3 is 0 Å². The number of benzene rings is 2. The molecule has 1 heterocycles. The summed E-state index contributed by atoms with van der Waals surface area (Å²) in [5, 5.41) is 1.93. The van der Waals surface area contributed by atoms with Crippen LogP contribution >= 0.6 is 23.4 Å². The molecule has 4 nitrogen and oxygen atoms in total. The summed E-state index contributed by atoms with van der Waals surface area (Å²) in [6.45, 7) is 0. The van der Waals surface area contributed by atoms with Crippen molar-refractivity contribution in [3.8, 4) is 0 Å². The number of para-hydroxylation sites is 1. The second-order valence-corrected chi connectivity index (χ2v) is 7.83. The zero-order valence-electron chi connectivity index (χ0n) is 14.0. The summed E-state index contributed by atoms with van der Waals surface area (Å²) in [7, 11) is 0. The van der Waals surface area contributed by atoms with E-state index in [4.69, 9.17) is 11.6 Å². The van der Waals surface area contributed by atoms with Gasteiger partial charge in [-0.05, 0) is 42.7 Å². The molecule has 1 fully saturated rings. The first-order valence-electron chi connectivity index (χ1n) is 8.52. The Morgan fingerprint density at radius 3 is 2.62 bits per heavy atom. The van der Waals surface area contributed by atoms with E-state index in [2.05, 4.69) is 4.98 Å². The van der Waals surface area contributed by atoms with Crippen LogP contribution in [0.1, 0.15) is 24.4 Å². The lowest BCUT2D eigenvalue weighted by Crippen LogP contribution is -2.23. The van der Waals surface area contributed by atoms with Gasteiger partial charge in [-0.2, -0.15) is 0 Å². The van der Waals surface area contributed by atoms with Crippen molar-refractivity contribution >= 4 is 40.0 Å². The van der Waals surface area contributed by atoms with E-state index in [-0.39, 0.29) is 17.4 Å². The monoisotopic (exact) mass is 384 g/mol. The number of hydrogen-bond donors (Lipinski definition) is 0. The van der Waals surface area contributed by atoms with Gasteiger partial charge < -0.3 is 0 Å². The highest BCUT2D eigenvalue weighted by atomic mass is 35.5. The van der Waals surface area contributed by atoms with Crippen LogP contribution < -0.4 is 5.56 Å².